The van der Waals surface area contributed by atoms with Crippen molar-refractivity contribution in [2.45, 2.75) is 12.3 Å². The van der Waals surface area contributed by atoms with Crippen molar-refractivity contribution in [2.75, 3.05) is 6.54 Å². The van der Waals surface area contributed by atoms with Gasteiger partial charge in [0.25, 0.3) is 0 Å². The maximum absolute atomic E-state index is 6.05. The van der Waals surface area contributed by atoms with Gasteiger partial charge in [-0.25, -0.2) is 0 Å². The Labute approximate surface area is 87.8 Å². The van der Waals surface area contributed by atoms with E-state index in [2.05, 4.69) is 0 Å². The van der Waals surface area contributed by atoms with E-state index in [-0.39, 0.29) is 0 Å². The largest absolute Gasteiger partial charge is 0.330 e. The van der Waals surface area contributed by atoms with Crippen molar-refractivity contribution < 1.29 is 0 Å². The Morgan fingerprint density at radius 2 is 2.15 bits per heavy atom. The fraction of sp³-hybridized carbons (Fsp3) is 0.400. The first kappa shape index (κ1) is 9.32. The minimum Gasteiger partial charge on any atom is -0.330 e. The summed E-state index contributed by atoms with van der Waals surface area (Å²) in [5.41, 5.74) is 6.73. The van der Waals surface area contributed by atoms with E-state index in [4.69, 9.17) is 28.9 Å². The predicted molar refractivity (Wildman–Crippen MR) is 56.4 cm³/mol. The lowest BCUT2D eigenvalue weighted by Crippen LogP contribution is -2.02. The van der Waals surface area contributed by atoms with Gasteiger partial charge in [-0.15, -0.1) is 0 Å². The maximum atomic E-state index is 6.05. The lowest BCUT2D eigenvalue weighted by molar-refractivity contribution is 0.810. The van der Waals surface area contributed by atoms with Crippen LogP contribution < -0.4 is 5.73 Å². The van der Waals surface area contributed by atoms with Crippen molar-refractivity contribution in [1.82, 2.24) is 0 Å². The summed E-state index contributed by atoms with van der Waals surface area (Å²) >= 11 is 11.9. The molecule has 1 nitrogen and oxygen atoms in total. The van der Waals surface area contributed by atoms with Gasteiger partial charge in [0.05, 0.1) is 0 Å². The molecule has 1 aliphatic carbocycles. The van der Waals surface area contributed by atoms with Gasteiger partial charge < -0.3 is 5.73 Å². The highest BCUT2D eigenvalue weighted by Crippen LogP contribution is 2.49. The molecule has 13 heavy (non-hydrogen) atoms. The number of hydrogen-bond acceptors (Lipinski definition) is 1. The molecule has 0 bridgehead atoms. The van der Waals surface area contributed by atoms with E-state index >= 15 is 0 Å². The first-order valence-electron chi connectivity index (χ1n) is 4.37. The molecule has 2 rings (SSSR count). The van der Waals surface area contributed by atoms with Gasteiger partial charge in [0.1, 0.15) is 0 Å². The van der Waals surface area contributed by atoms with E-state index in [0.29, 0.717) is 11.8 Å². The van der Waals surface area contributed by atoms with Crippen molar-refractivity contribution >= 4 is 23.2 Å². The average molecular weight is 216 g/mol. The Morgan fingerprint density at radius 3 is 2.77 bits per heavy atom. The average Bonchev–Trinajstić information content (AvgIpc) is 2.88. The van der Waals surface area contributed by atoms with Crippen LogP contribution in [0.4, 0.5) is 0 Å². The van der Waals surface area contributed by atoms with Crippen molar-refractivity contribution in [1.29, 1.82) is 0 Å². The maximum Gasteiger partial charge on any atom is 0.0441 e. The fourth-order valence-corrected chi connectivity index (χ4v) is 2.13. The Kier molecular flexibility index (Phi) is 2.50. The lowest BCUT2D eigenvalue weighted by atomic mass is 10.1. The molecule has 3 heteroatoms. The molecule has 0 unspecified atom stereocenters. The van der Waals surface area contributed by atoms with Crippen LogP contribution in [0.25, 0.3) is 0 Å². The second kappa shape index (κ2) is 3.49. The van der Waals surface area contributed by atoms with E-state index in [1.807, 2.05) is 18.2 Å². The SMILES string of the molecule is NC[C@H]1C[C@H]1c1cc(Cl)ccc1Cl. The van der Waals surface area contributed by atoms with Crippen LogP contribution in [0, 0.1) is 5.92 Å². The van der Waals surface area contributed by atoms with Gasteiger partial charge in [-0.2, -0.15) is 0 Å². The molecule has 0 spiro atoms. The minimum absolute atomic E-state index is 0.538. The summed E-state index contributed by atoms with van der Waals surface area (Å²) in [5.74, 6) is 1.15. The van der Waals surface area contributed by atoms with Crippen LogP contribution in [-0.4, -0.2) is 6.54 Å². The van der Waals surface area contributed by atoms with E-state index in [9.17, 15) is 0 Å². The van der Waals surface area contributed by atoms with Crippen LogP contribution >= 0.6 is 23.2 Å². The number of halogens is 2. The number of benzene rings is 1. The highest BCUT2D eigenvalue weighted by atomic mass is 35.5. The first-order chi connectivity index (χ1) is 6.22. The van der Waals surface area contributed by atoms with Gasteiger partial charge in [0.2, 0.25) is 0 Å². The molecule has 1 fully saturated rings. The first-order valence-corrected chi connectivity index (χ1v) is 5.13. The van der Waals surface area contributed by atoms with Crippen LogP contribution in [0.1, 0.15) is 17.9 Å². The monoisotopic (exact) mass is 215 g/mol. The van der Waals surface area contributed by atoms with Gasteiger partial charge in [0, 0.05) is 10.0 Å². The zero-order valence-electron chi connectivity index (χ0n) is 7.13. The topological polar surface area (TPSA) is 26.0 Å². The molecule has 0 aliphatic heterocycles. The number of nitrogens with two attached hydrogens (primary N) is 1. The fourth-order valence-electron chi connectivity index (χ4n) is 1.69. The molecule has 1 saturated carbocycles. The normalized spacial score (nSPS) is 26.1. The third-order valence-corrected chi connectivity index (χ3v) is 3.16. The molecule has 70 valence electrons. The third-order valence-electron chi connectivity index (χ3n) is 2.58. The molecule has 1 aliphatic rings. The second-order valence-corrected chi connectivity index (χ2v) is 4.35. The smallest absolute Gasteiger partial charge is 0.0441 e. The highest BCUT2D eigenvalue weighted by molar-refractivity contribution is 6.33. The molecule has 0 radical (unpaired) electrons. The van der Waals surface area contributed by atoms with Crippen molar-refractivity contribution in [3.8, 4) is 0 Å². The van der Waals surface area contributed by atoms with Crippen LogP contribution in [-0.2, 0) is 0 Å². The molecule has 2 atom stereocenters. The van der Waals surface area contributed by atoms with E-state index in [1.165, 1.54) is 0 Å². The third kappa shape index (κ3) is 1.83. The summed E-state index contributed by atoms with van der Waals surface area (Å²) in [7, 11) is 0. The molecular formula is C10H11Cl2N. The standard InChI is InChI=1S/C10H11Cl2N/c11-7-1-2-10(12)9(4-7)8-3-6(8)5-13/h1-2,4,6,8H,3,5,13H2/t6-,8-/m1/s1. The van der Waals surface area contributed by atoms with Crippen molar-refractivity contribution in [3.63, 3.8) is 0 Å². The Bertz CT molecular complexity index is 325. The summed E-state index contributed by atoms with van der Waals surface area (Å²) in [4.78, 5) is 0. The summed E-state index contributed by atoms with van der Waals surface area (Å²) in [5, 5.41) is 1.56. The number of rotatable bonds is 2. The summed E-state index contributed by atoms with van der Waals surface area (Å²) in [6.45, 7) is 0.744. The minimum atomic E-state index is 0.538. The Morgan fingerprint density at radius 1 is 1.38 bits per heavy atom. The summed E-state index contributed by atoms with van der Waals surface area (Å²) in [6.07, 6.45) is 1.15. The Hall–Kier alpha value is -0.240. The predicted octanol–water partition coefficient (Wildman–Crippen LogP) is 3.06. The summed E-state index contributed by atoms with van der Waals surface area (Å²) in [6, 6.07) is 5.61. The molecule has 1 aromatic rings. The Balaban J connectivity index is 2.25. The molecule has 2 N–H and O–H groups in total. The van der Waals surface area contributed by atoms with Gasteiger partial charge in [-0.1, -0.05) is 23.2 Å². The van der Waals surface area contributed by atoms with E-state index in [1.54, 1.807) is 0 Å². The van der Waals surface area contributed by atoms with Gasteiger partial charge in [0.15, 0.2) is 0 Å². The van der Waals surface area contributed by atoms with Gasteiger partial charge >= 0.3 is 0 Å². The van der Waals surface area contributed by atoms with Crippen LogP contribution in [0.3, 0.4) is 0 Å². The van der Waals surface area contributed by atoms with Crippen molar-refractivity contribution in [2.24, 2.45) is 11.7 Å². The van der Waals surface area contributed by atoms with Crippen LogP contribution in [0.2, 0.25) is 10.0 Å². The molecular weight excluding hydrogens is 205 g/mol. The molecule has 0 aromatic heterocycles. The van der Waals surface area contributed by atoms with E-state index < -0.39 is 0 Å². The van der Waals surface area contributed by atoms with Gasteiger partial charge in [-0.05, 0) is 48.6 Å². The van der Waals surface area contributed by atoms with Crippen LogP contribution in [0.5, 0.6) is 0 Å². The summed E-state index contributed by atoms with van der Waals surface area (Å²) < 4.78 is 0. The number of hydrogen-bond donors (Lipinski definition) is 1. The molecule has 1 aromatic carbocycles. The zero-order valence-corrected chi connectivity index (χ0v) is 8.65. The molecule has 0 heterocycles. The van der Waals surface area contributed by atoms with Crippen molar-refractivity contribution in [3.05, 3.63) is 33.8 Å². The lowest BCUT2D eigenvalue weighted by Gasteiger charge is -2.03. The van der Waals surface area contributed by atoms with E-state index in [0.717, 1.165) is 28.6 Å². The van der Waals surface area contributed by atoms with Crippen LogP contribution in [0.15, 0.2) is 18.2 Å². The molecule has 0 amide bonds. The quantitative estimate of drug-likeness (QED) is 0.807. The highest BCUT2D eigenvalue weighted by Gasteiger charge is 2.38. The zero-order chi connectivity index (χ0) is 9.42. The molecule has 0 saturated heterocycles. The van der Waals surface area contributed by atoms with Gasteiger partial charge in [-0.3, -0.25) is 0 Å². The second-order valence-electron chi connectivity index (χ2n) is 3.50.